The van der Waals surface area contributed by atoms with Crippen LogP contribution < -0.4 is 5.32 Å². The molecule has 1 heterocycles. The highest BCUT2D eigenvalue weighted by molar-refractivity contribution is 7.88. The van der Waals surface area contributed by atoms with Gasteiger partial charge in [-0.15, -0.1) is 0 Å². The fourth-order valence-corrected chi connectivity index (χ4v) is 2.90. The fourth-order valence-electron chi connectivity index (χ4n) is 1.99. The van der Waals surface area contributed by atoms with Crippen LogP contribution >= 0.6 is 0 Å². The molecular formula is C11H20N2O5S. The maximum Gasteiger partial charge on any atom is 0.307 e. The van der Waals surface area contributed by atoms with Crippen molar-refractivity contribution in [2.75, 3.05) is 33.0 Å². The van der Waals surface area contributed by atoms with Crippen molar-refractivity contribution in [3.63, 3.8) is 0 Å². The van der Waals surface area contributed by atoms with Crippen LogP contribution in [0.1, 0.15) is 19.3 Å². The molecule has 1 atom stereocenters. The van der Waals surface area contributed by atoms with E-state index in [2.05, 4.69) is 10.1 Å². The maximum atomic E-state index is 11.9. The minimum absolute atomic E-state index is 0.116. The lowest BCUT2D eigenvalue weighted by Gasteiger charge is -2.30. The van der Waals surface area contributed by atoms with Crippen LogP contribution in [0.15, 0.2) is 0 Å². The van der Waals surface area contributed by atoms with Crippen LogP contribution in [0.4, 0.5) is 0 Å². The van der Waals surface area contributed by atoms with Crippen LogP contribution in [0.2, 0.25) is 0 Å². The maximum absolute atomic E-state index is 11.9. The molecule has 1 fully saturated rings. The quantitative estimate of drug-likeness (QED) is 0.679. The van der Waals surface area contributed by atoms with E-state index in [1.165, 1.54) is 11.4 Å². The second-order valence-corrected chi connectivity index (χ2v) is 6.56. The van der Waals surface area contributed by atoms with E-state index in [-0.39, 0.29) is 37.3 Å². The first-order valence-electron chi connectivity index (χ1n) is 6.14. The van der Waals surface area contributed by atoms with E-state index >= 15 is 0 Å². The Morgan fingerprint density at radius 3 is 2.68 bits per heavy atom. The predicted molar refractivity (Wildman–Crippen MR) is 68.8 cm³/mol. The van der Waals surface area contributed by atoms with Crippen molar-refractivity contribution in [3.05, 3.63) is 0 Å². The molecule has 0 radical (unpaired) electrons. The molecule has 110 valence electrons. The smallest absolute Gasteiger partial charge is 0.307 e. The molecule has 0 spiro atoms. The average molecular weight is 292 g/mol. The number of nitrogens with zero attached hydrogens (tertiary/aromatic N) is 1. The van der Waals surface area contributed by atoms with Gasteiger partial charge < -0.3 is 10.1 Å². The summed E-state index contributed by atoms with van der Waals surface area (Å²) >= 11 is 0. The molecule has 1 amide bonds. The van der Waals surface area contributed by atoms with E-state index < -0.39 is 10.0 Å². The van der Waals surface area contributed by atoms with E-state index in [1.807, 2.05) is 0 Å². The van der Waals surface area contributed by atoms with E-state index in [1.54, 1.807) is 0 Å². The molecule has 8 heteroatoms. The van der Waals surface area contributed by atoms with Gasteiger partial charge in [-0.3, -0.25) is 9.59 Å². The molecule has 1 aliphatic heterocycles. The Balaban J connectivity index is 2.42. The Morgan fingerprint density at radius 2 is 2.11 bits per heavy atom. The third kappa shape index (κ3) is 5.15. The molecule has 0 aromatic rings. The summed E-state index contributed by atoms with van der Waals surface area (Å²) in [6, 6.07) is 0. The zero-order valence-electron chi connectivity index (χ0n) is 11.2. The van der Waals surface area contributed by atoms with Gasteiger partial charge in [-0.05, 0) is 12.8 Å². The predicted octanol–water partition coefficient (Wildman–Crippen LogP) is -0.663. The van der Waals surface area contributed by atoms with Crippen molar-refractivity contribution in [2.45, 2.75) is 19.3 Å². The van der Waals surface area contributed by atoms with Gasteiger partial charge >= 0.3 is 5.97 Å². The lowest BCUT2D eigenvalue weighted by Crippen LogP contribution is -2.45. The Kier molecular flexibility index (Phi) is 5.74. The van der Waals surface area contributed by atoms with Crippen molar-refractivity contribution in [1.29, 1.82) is 0 Å². The van der Waals surface area contributed by atoms with Crippen molar-refractivity contribution in [1.82, 2.24) is 9.62 Å². The van der Waals surface area contributed by atoms with E-state index in [4.69, 9.17) is 0 Å². The highest BCUT2D eigenvalue weighted by Gasteiger charge is 2.29. The molecule has 0 aromatic carbocycles. The third-order valence-corrected chi connectivity index (χ3v) is 4.35. The highest BCUT2D eigenvalue weighted by Crippen LogP contribution is 2.18. The first kappa shape index (κ1) is 15.9. The fraction of sp³-hybridized carbons (Fsp3) is 0.818. The lowest BCUT2D eigenvalue weighted by atomic mass is 9.99. The summed E-state index contributed by atoms with van der Waals surface area (Å²) < 4.78 is 28.6. The largest absolute Gasteiger partial charge is 0.469 e. The van der Waals surface area contributed by atoms with Gasteiger partial charge in [0, 0.05) is 19.6 Å². The molecule has 0 aromatic heterocycles. The van der Waals surface area contributed by atoms with Crippen LogP contribution in [0, 0.1) is 5.92 Å². The molecule has 19 heavy (non-hydrogen) atoms. The van der Waals surface area contributed by atoms with Crippen molar-refractivity contribution in [3.8, 4) is 0 Å². The second-order valence-electron chi connectivity index (χ2n) is 4.58. The van der Waals surface area contributed by atoms with Gasteiger partial charge in [0.05, 0.1) is 25.7 Å². The van der Waals surface area contributed by atoms with Gasteiger partial charge in [-0.2, -0.15) is 0 Å². The molecule has 7 nitrogen and oxygen atoms in total. The molecule has 1 aliphatic rings. The second kappa shape index (κ2) is 6.85. The number of carbonyl (C=O) groups excluding carboxylic acids is 2. The topological polar surface area (TPSA) is 92.8 Å². The Bertz CT molecular complexity index is 434. The number of hydrogen-bond donors (Lipinski definition) is 1. The summed E-state index contributed by atoms with van der Waals surface area (Å²) in [5.41, 5.74) is 0. The first-order chi connectivity index (χ1) is 8.84. The molecule has 0 aliphatic carbocycles. The van der Waals surface area contributed by atoms with Crippen LogP contribution in [-0.2, 0) is 24.3 Å². The SMILES string of the molecule is COC(=O)CCNC(=O)C1CCCN(S(C)(=O)=O)C1. The molecule has 1 saturated heterocycles. The number of rotatable bonds is 5. The Morgan fingerprint density at radius 1 is 1.42 bits per heavy atom. The summed E-state index contributed by atoms with van der Waals surface area (Å²) in [5.74, 6) is -0.944. The minimum Gasteiger partial charge on any atom is -0.469 e. The number of ether oxygens (including phenoxy) is 1. The minimum atomic E-state index is -3.25. The standard InChI is InChI=1S/C11H20N2O5S/c1-18-10(14)5-6-12-11(15)9-4-3-7-13(8-9)19(2,16)17/h9H,3-8H2,1-2H3,(H,12,15). The van der Waals surface area contributed by atoms with Gasteiger partial charge in [0.1, 0.15) is 0 Å². The number of nitrogens with one attached hydrogen (secondary N) is 1. The van der Waals surface area contributed by atoms with Crippen molar-refractivity contribution in [2.24, 2.45) is 5.92 Å². The summed E-state index contributed by atoms with van der Waals surface area (Å²) in [6.45, 7) is 0.883. The van der Waals surface area contributed by atoms with E-state index in [0.29, 0.717) is 19.4 Å². The number of methoxy groups -OCH3 is 1. The average Bonchev–Trinajstić information content (AvgIpc) is 2.37. The lowest BCUT2D eigenvalue weighted by molar-refractivity contribution is -0.140. The van der Waals surface area contributed by atoms with Gasteiger partial charge in [0.25, 0.3) is 0 Å². The monoisotopic (exact) mass is 292 g/mol. The molecule has 0 bridgehead atoms. The molecule has 1 rings (SSSR count). The summed E-state index contributed by atoms with van der Waals surface area (Å²) in [5, 5.41) is 2.63. The van der Waals surface area contributed by atoms with Crippen LogP contribution in [-0.4, -0.2) is 57.6 Å². The van der Waals surface area contributed by atoms with Gasteiger partial charge in [0.2, 0.25) is 15.9 Å². The van der Waals surface area contributed by atoms with Crippen LogP contribution in [0.3, 0.4) is 0 Å². The number of hydrogen-bond acceptors (Lipinski definition) is 5. The first-order valence-corrected chi connectivity index (χ1v) is 7.99. The van der Waals surface area contributed by atoms with Gasteiger partial charge in [-0.25, -0.2) is 12.7 Å². The van der Waals surface area contributed by atoms with Crippen molar-refractivity contribution < 1.29 is 22.7 Å². The molecular weight excluding hydrogens is 272 g/mol. The molecule has 1 N–H and O–H groups in total. The van der Waals surface area contributed by atoms with Crippen LogP contribution in [0.25, 0.3) is 0 Å². The number of amides is 1. The number of piperidine rings is 1. The third-order valence-electron chi connectivity index (χ3n) is 3.08. The van der Waals surface area contributed by atoms with Gasteiger partial charge in [0.15, 0.2) is 0 Å². The Labute approximate surface area is 113 Å². The summed E-state index contributed by atoms with van der Waals surface area (Å²) in [4.78, 5) is 22.7. The zero-order valence-corrected chi connectivity index (χ0v) is 12.0. The Hall–Kier alpha value is -1.15. The number of sulfonamides is 1. The van der Waals surface area contributed by atoms with Gasteiger partial charge in [-0.1, -0.05) is 0 Å². The van der Waals surface area contributed by atoms with E-state index in [9.17, 15) is 18.0 Å². The van der Waals surface area contributed by atoms with Crippen molar-refractivity contribution >= 4 is 21.9 Å². The number of carbonyl (C=O) groups is 2. The van der Waals surface area contributed by atoms with Crippen LogP contribution in [0.5, 0.6) is 0 Å². The zero-order chi connectivity index (χ0) is 14.5. The molecule has 0 saturated carbocycles. The summed E-state index contributed by atoms with van der Waals surface area (Å²) in [7, 11) is -1.96. The molecule has 1 unspecified atom stereocenters. The summed E-state index contributed by atoms with van der Waals surface area (Å²) in [6.07, 6.45) is 2.59. The normalized spacial score (nSPS) is 20.8. The number of esters is 1. The highest BCUT2D eigenvalue weighted by atomic mass is 32.2. The van der Waals surface area contributed by atoms with E-state index in [0.717, 1.165) is 6.26 Å².